The fourth-order valence-corrected chi connectivity index (χ4v) is 3.95. The summed E-state index contributed by atoms with van der Waals surface area (Å²) in [7, 11) is 3.37. The lowest BCUT2D eigenvalue weighted by molar-refractivity contribution is 0.136. The maximum absolute atomic E-state index is 5.60. The third kappa shape index (κ3) is 3.62. The molecule has 7 heteroatoms. The minimum Gasteiger partial charge on any atom is -0.497 e. The van der Waals surface area contributed by atoms with Crippen LogP contribution in [0.1, 0.15) is 42.3 Å². The molecule has 1 saturated heterocycles. The van der Waals surface area contributed by atoms with Gasteiger partial charge in [0.05, 0.1) is 43.4 Å². The second-order valence-corrected chi connectivity index (χ2v) is 7.19. The lowest BCUT2D eigenvalue weighted by Gasteiger charge is -2.35. The predicted octanol–water partition coefficient (Wildman–Crippen LogP) is 4.12. The maximum Gasteiger partial charge on any atom is 0.170 e. The first-order valence-electron chi connectivity index (χ1n) is 9.61. The summed E-state index contributed by atoms with van der Waals surface area (Å²) in [5.41, 5.74) is 4.08. The molecule has 0 amide bonds. The number of methoxy groups -OCH3 is 2. The van der Waals surface area contributed by atoms with Crippen molar-refractivity contribution >= 4 is 0 Å². The van der Waals surface area contributed by atoms with Crippen molar-refractivity contribution in [3.05, 3.63) is 47.4 Å². The van der Waals surface area contributed by atoms with Gasteiger partial charge in [0.15, 0.2) is 5.76 Å². The highest BCUT2D eigenvalue weighted by Gasteiger charge is 2.29. The Labute approximate surface area is 164 Å². The predicted molar refractivity (Wildman–Crippen MR) is 105 cm³/mol. The Morgan fingerprint density at radius 3 is 2.86 bits per heavy atom. The standard InChI is InChI=1S/C21H26N4O3/c1-14-10-20(28-24-14)17-12-22-23-21(17)18-6-4-5-9-25(18)13-15-7-8-16(26-2)11-19(15)27-3/h7-8,10-12,18H,4-6,9,13H2,1-3H3,(H,22,23)/t18-/m0/s1. The van der Waals surface area contributed by atoms with E-state index in [-0.39, 0.29) is 6.04 Å². The average molecular weight is 382 g/mol. The number of nitrogens with zero attached hydrogens (tertiary/aromatic N) is 3. The van der Waals surface area contributed by atoms with Gasteiger partial charge in [-0.3, -0.25) is 10.00 Å². The zero-order valence-electron chi connectivity index (χ0n) is 16.6. The number of ether oxygens (including phenoxy) is 2. The summed E-state index contributed by atoms with van der Waals surface area (Å²) in [6, 6.07) is 8.19. The molecule has 0 bridgehead atoms. The molecule has 0 radical (unpaired) electrons. The molecule has 1 N–H and O–H groups in total. The number of H-pyrrole nitrogens is 1. The number of aromatic nitrogens is 3. The Hall–Kier alpha value is -2.80. The molecule has 1 atom stereocenters. The van der Waals surface area contributed by atoms with Gasteiger partial charge in [0.1, 0.15) is 11.5 Å². The fourth-order valence-electron chi connectivity index (χ4n) is 3.95. The molecule has 0 spiro atoms. The van der Waals surface area contributed by atoms with Crippen molar-refractivity contribution < 1.29 is 14.0 Å². The lowest BCUT2D eigenvalue weighted by atomic mass is 9.95. The van der Waals surface area contributed by atoms with E-state index in [2.05, 4.69) is 26.3 Å². The summed E-state index contributed by atoms with van der Waals surface area (Å²) >= 11 is 0. The fraction of sp³-hybridized carbons (Fsp3) is 0.429. The van der Waals surface area contributed by atoms with Gasteiger partial charge in [-0.05, 0) is 32.4 Å². The molecule has 28 heavy (non-hydrogen) atoms. The van der Waals surface area contributed by atoms with Gasteiger partial charge in [-0.1, -0.05) is 17.6 Å². The zero-order valence-corrected chi connectivity index (χ0v) is 16.6. The van der Waals surface area contributed by atoms with Gasteiger partial charge in [-0.25, -0.2) is 0 Å². The Kier molecular flexibility index (Phi) is 5.34. The number of aryl methyl sites for hydroxylation is 1. The first-order chi connectivity index (χ1) is 13.7. The van der Waals surface area contributed by atoms with E-state index in [4.69, 9.17) is 14.0 Å². The van der Waals surface area contributed by atoms with Crippen molar-refractivity contribution in [1.82, 2.24) is 20.3 Å². The SMILES string of the molecule is COc1ccc(CN2CCCC[C@H]2c2[nH]ncc2-c2cc(C)no2)c(OC)c1. The van der Waals surface area contributed by atoms with E-state index in [1.807, 2.05) is 31.3 Å². The van der Waals surface area contributed by atoms with Crippen LogP contribution in [-0.2, 0) is 6.54 Å². The van der Waals surface area contributed by atoms with Crippen LogP contribution in [0.4, 0.5) is 0 Å². The molecule has 3 heterocycles. The highest BCUT2D eigenvalue weighted by molar-refractivity contribution is 5.60. The summed E-state index contributed by atoms with van der Waals surface area (Å²) in [5, 5.41) is 11.5. The molecule has 1 aliphatic heterocycles. The highest BCUT2D eigenvalue weighted by atomic mass is 16.5. The van der Waals surface area contributed by atoms with E-state index in [0.717, 1.165) is 59.3 Å². The van der Waals surface area contributed by atoms with Crippen LogP contribution in [0, 0.1) is 6.92 Å². The molecule has 1 aliphatic rings. The van der Waals surface area contributed by atoms with Crippen molar-refractivity contribution in [2.75, 3.05) is 20.8 Å². The minimum atomic E-state index is 0.239. The topological polar surface area (TPSA) is 76.4 Å². The smallest absolute Gasteiger partial charge is 0.170 e. The molecular formula is C21H26N4O3. The van der Waals surface area contributed by atoms with Crippen molar-refractivity contribution in [2.24, 2.45) is 0 Å². The third-order valence-corrected chi connectivity index (χ3v) is 5.38. The average Bonchev–Trinajstić information content (AvgIpc) is 3.37. The number of benzene rings is 1. The molecule has 2 aromatic heterocycles. The second kappa shape index (κ2) is 8.06. The van der Waals surface area contributed by atoms with Crippen LogP contribution in [-0.4, -0.2) is 41.0 Å². The molecule has 4 rings (SSSR count). The van der Waals surface area contributed by atoms with Crippen LogP contribution in [0.2, 0.25) is 0 Å². The summed E-state index contributed by atoms with van der Waals surface area (Å²) in [6.45, 7) is 3.75. The summed E-state index contributed by atoms with van der Waals surface area (Å²) < 4.78 is 16.4. The third-order valence-electron chi connectivity index (χ3n) is 5.38. The largest absolute Gasteiger partial charge is 0.497 e. The minimum absolute atomic E-state index is 0.239. The van der Waals surface area contributed by atoms with Gasteiger partial charge < -0.3 is 14.0 Å². The molecular weight excluding hydrogens is 356 g/mol. The van der Waals surface area contributed by atoms with Crippen LogP contribution < -0.4 is 9.47 Å². The van der Waals surface area contributed by atoms with Crippen LogP contribution in [0.3, 0.4) is 0 Å². The summed E-state index contributed by atoms with van der Waals surface area (Å²) in [4.78, 5) is 2.48. The number of hydrogen-bond donors (Lipinski definition) is 1. The molecule has 3 aromatic rings. The Morgan fingerprint density at radius 2 is 2.11 bits per heavy atom. The zero-order chi connectivity index (χ0) is 19.5. The molecule has 7 nitrogen and oxygen atoms in total. The summed E-state index contributed by atoms with van der Waals surface area (Å²) in [6.07, 6.45) is 5.27. The van der Waals surface area contributed by atoms with Gasteiger partial charge >= 0.3 is 0 Å². The molecule has 1 aromatic carbocycles. The van der Waals surface area contributed by atoms with Crippen molar-refractivity contribution in [3.63, 3.8) is 0 Å². The van der Waals surface area contributed by atoms with E-state index in [1.165, 1.54) is 12.8 Å². The van der Waals surface area contributed by atoms with Crippen LogP contribution in [0.25, 0.3) is 11.3 Å². The number of hydrogen-bond acceptors (Lipinski definition) is 6. The number of rotatable bonds is 6. The van der Waals surface area contributed by atoms with Crippen molar-refractivity contribution in [1.29, 1.82) is 0 Å². The number of likely N-dealkylation sites (tertiary alicyclic amines) is 1. The molecule has 0 saturated carbocycles. The monoisotopic (exact) mass is 382 g/mol. The van der Waals surface area contributed by atoms with Gasteiger partial charge in [0, 0.05) is 24.2 Å². The summed E-state index contributed by atoms with van der Waals surface area (Å²) in [5.74, 6) is 2.40. The van der Waals surface area contributed by atoms with E-state index >= 15 is 0 Å². The first kappa shape index (κ1) is 18.6. The van der Waals surface area contributed by atoms with Gasteiger partial charge in [-0.2, -0.15) is 5.10 Å². The Bertz CT molecular complexity index is 933. The van der Waals surface area contributed by atoms with E-state index in [1.54, 1.807) is 14.2 Å². The van der Waals surface area contributed by atoms with Gasteiger partial charge in [0.25, 0.3) is 0 Å². The highest BCUT2D eigenvalue weighted by Crippen LogP contribution is 2.37. The second-order valence-electron chi connectivity index (χ2n) is 7.19. The van der Waals surface area contributed by atoms with Crippen molar-refractivity contribution in [2.45, 2.75) is 38.8 Å². The molecule has 1 fully saturated rings. The number of piperidine rings is 1. The normalized spacial score (nSPS) is 17.6. The molecule has 0 unspecified atom stereocenters. The Balaban J connectivity index is 1.62. The Morgan fingerprint density at radius 1 is 1.21 bits per heavy atom. The van der Waals surface area contributed by atoms with E-state index in [9.17, 15) is 0 Å². The quantitative estimate of drug-likeness (QED) is 0.691. The van der Waals surface area contributed by atoms with Crippen LogP contribution in [0.5, 0.6) is 11.5 Å². The van der Waals surface area contributed by atoms with Crippen LogP contribution >= 0.6 is 0 Å². The first-order valence-corrected chi connectivity index (χ1v) is 9.61. The maximum atomic E-state index is 5.60. The molecule has 0 aliphatic carbocycles. The number of nitrogens with one attached hydrogen (secondary N) is 1. The van der Waals surface area contributed by atoms with E-state index in [0.29, 0.717) is 0 Å². The van der Waals surface area contributed by atoms with Gasteiger partial charge in [0.2, 0.25) is 0 Å². The molecule has 148 valence electrons. The lowest BCUT2D eigenvalue weighted by Crippen LogP contribution is -2.33. The van der Waals surface area contributed by atoms with E-state index < -0.39 is 0 Å². The van der Waals surface area contributed by atoms with Gasteiger partial charge in [-0.15, -0.1) is 0 Å². The number of aromatic amines is 1. The van der Waals surface area contributed by atoms with Crippen molar-refractivity contribution in [3.8, 4) is 22.8 Å². The van der Waals surface area contributed by atoms with Crippen LogP contribution in [0.15, 0.2) is 35.0 Å².